The molecule has 88 valence electrons. The van der Waals surface area contributed by atoms with Crippen LogP contribution in [0.2, 0.25) is 0 Å². The van der Waals surface area contributed by atoms with E-state index in [2.05, 4.69) is 30.4 Å². The summed E-state index contributed by atoms with van der Waals surface area (Å²) in [7, 11) is 1.39. The standard InChI is InChI=1S/C12H23NO2/c1-5-11(6-2)10-13(7-3)9-8-12(14)15-4/h8-9,11H,5-7,10H2,1-4H3. The van der Waals surface area contributed by atoms with E-state index in [0.717, 1.165) is 13.1 Å². The molecule has 0 atom stereocenters. The summed E-state index contributed by atoms with van der Waals surface area (Å²) < 4.78 is 4.55. The van der Waals surface area contributed by atoms with Crippen LogP contribution >= 0.6 is 0 Å². The van der Waals surface area contributed by atoms with Gasteiger partial charge in [0.2, 0.25) is 0 Å². The monoisotopic (exact) mass is 213 g/mol. The van der Waals surface area contributed by atoms with Gasteiger partial charge in [-0.2, -0.15) is 0 Å². The Morgan fingerprint density at radius 2 is 1.93 bits per heavy atom. The number of rotatable bonds is 7. The second-order valence-electron chi connectivity index (χ2n) is 3.61. The Morgan fingerprint density at radius 1 is 1.33 bits per heavy atom. The number of ether oxygens (including phenoxy) is 1. The van der Waals surface area contributed by atoms with Crippen molar-refractivity contribution in [2.24, 2.45) is 5.92 Å². The van der Waals surface area contributed by atoms with Crippen molar-refractivity contribution in [3.05, 3.63) is 12.3 Å². The molecule has 0 aromatic rings. The normalized spacial score (nSPS) is 11.0. The van der Waals surface area contributed by atoms with Gasteiger partial charge in [-0.1, -0.05) is 26.7 Å². The largest absolute Gasteiger partial charge is 0.466 e. The first kappa shape index (κ1) is 14.0. The summed E-state index contributed by atoms with van der Waals surface area (Å²) in [5.74, 6) is 0.408. The number of hydrogen-bond donors (Lipinski definition) is 0. The van der Waals surface area contributed by atoms with Crippen molar-refractivity contribution in [1.82, 2.24) is 4.90 Å². The van der Waals surface area contributed by atoms with Gasteiger partial charge in [-0.15, -0.1) is 0 Å². The fourth-order valence-electron chi connectivity index (χ4n) is 1.41. The molecule has 0 aliphatic carbocycles. The van der Waals surface area contributed by atoms with Gasteiger partial charge in [0.15, 0.2) is 0 Å². The zero-order chi connectivity index (χ0) is 11.7. The van der Waals surface area contributed by atoms with Crippen LogP contribution in [0.1, 0.15) is 33.6 Å². The third-order valence-corrected chi connectivity index (χ3v) is 2.68. The predicted molar refractivity (Wildman–Crippen MR) is 62.5 cm³/mol. The lowest BCUT2D eigenvalue weighted by Gasteiger charge is -2.23. The Labute approximate surface area is 93.1 Å². The molecule has 0 aromatic carbocycles. The highest BCUT2D eigenvalue weighted by Crippen LogP contribution is 2.09. The van der Waals surface area contributed by atoms with Crippen LogP contribution in [-0.2, 0) is 9.53 Å². The van der Waals surface area contributed by atoms with Crippen LogP contribution in [-0.4, -0.2) is 31.1 Å². The Bertz CT molecular complexity index is 198. The van der Waals surface area contributed by atoms with Gasteiger partial charge < -0.3 is 9.64 Å². The van der Waals surface area contributed by atoms with Crippen molar-refractivity contribution in [1.29, 1.82) is 0 Å². The first-order valence-corrected chi connectivity index (χ1v) is 5.68. The molecule has 0 bridgehead atoms. The third kappa shape index (κ3) is 6.15. The van der Waals surface area contributed by atoms with Crippen molar-refractivity contribution < 1.29 is 9.53 Å². The van der Waals surface area contributed by atoms with E-state index in [4.69, 9.17) is 0 Å². The first-order chi connectivity index (χ1) is 7.17. The molecular weight excluding hydrogens is 190 g/mol. The minimum Gasteiger partial charge on any atom is -0.466 e. The molecule has 0 N–H and O–H groups in total. The molecular formula is C12H23NO2. The van der Waals surface area contributed by atoms with E-state index in [0.29, 0.717) is 5.92 Å². The lowest BCUT2D eigenvalue weighted by molar-refractivity contribution is -0.134. The SMILES string of the molecule is CCC(CC)CN(C=CC(=O)OC)CC. The smallest absolute Gasteiger partial charge is 0.331 e. The van der Waals surface area contributed by atoms with Crippen LogP contribution in [0.5, 0.6) is 0 Å². The van der Waals surface area contributed by atoms with Crippen molar-refractivity contribution in [3.63, 3.8) is 0 Å². The molecule has 0 aliphatic rings. The van der Waals surface area contributed by atoms with Crippen LogP contribution in [0, 0.1) is 5.92 Å². The minimum absolute atomic E-state index is 0.294. The summed E-state index contributed by atoms with van der Waals surface area (Å²) in [6.07, 6.45) is 5.66. The topological polar surface area (TPSA) is 29.5 Å². The molecule has 0 saturated carbocycles. The van der Waals surface area contributed by atoms with E-state index in [1.165, 1.54) is 26.0 Å². The summed E-state index contributed by atoms with van der Waals surface area (Å²) in [5, 5.41) is 0. The zero-order valence-corrected chi connectivity index (χ0v) is 10.3. The Balaban J connectivity index is 4.12. The lowest BCUT2D eigenvalue weighted by Crippen LogP contribution is -2.24. The van der Waals surface area contributed by atoms with E-state index >= 15 is 0 Å². The molecule has 0 unspecified atom stereocenters. The van der Waals surface area contributed by atoms with Gasteiger partial charge >= 0.3 is 5.97 Å². The molecule has 0 spiro atoms. The molecule has 0 saturated heterocycles. The van der Waals surface area contributed by atoms with E-state index in [9.17, 15) is 4.79 Å². The average molecular weight is 213 g/mol. The van der Waals surface area contributed by atoms with Crippen molar-refractivity contribution in [3.8, 4) is 0 Å². The second-order valence-corrected chi connectivity index (χ2v) is 3.61. The summed E-state index contributed by atoms with van der Waals surface area (Å²) in [6, 6.07) is 0. The van der Waals surface area contributed by atoms with Gasteiger partial charge in [-0.25, -0.2) is 4.79 Å². The molecule has 0 aromatic heterocycles. The van der Waals surface area contributed by atoms with Crippen LogP contribution in [0.4, 0.5) is 0 Å². The number of carbonyl (C=O) groups excluding carboxylic acids is 1. The Hall–Kier alpha value is -0.990. The number of esters is 1. The van der Waals surface area contributed by atoms with E-state index in [1.807, 2.05) is 6.20 Å². The molecule has 0 fully saturated rings. The molecule has 0 aliphatic heterocycles. The number of hydrogen-bond acceptors (Lipinski definition) is 3. The fraction of sp³-hybridized carbons (Fsp3) is 0.750. The number of carbonyl (C=O) groups is 1. The summed E-state index contributed by atoms with van der Waals surface area (Å²) >= 11 is 0. The second kappa shape index (κ2) is 8.33. The zero-order valence-electron chi connectivity index (χ0n) is 10.3. The molecule has 3 nitrogen and oxygen atoms in total. The van der Waals surface area contributed by atoms with Crippen molar-refractivity contribution in [2.75, 3.05) is 20.2 Å². The number of methoxy groups -OCH3 is 1. The summed E-state index contributed by atoms with van der Waals surface area (Å²) in [4.78, 5) is 13.1. The third-order valence-electron chi connectivity index (χ3n) is 2.68. The van der Waals surface area contributed by atoms with Crippen LogP contribution in [0.25, 0.3) is 0 Å². The highest BCUT2D eigenvalue weighted by atomic mass is 16.5. The molecule has 3 heteroatoms. The number of nitrogens with zero attached hydrogens (tertiary/aromatic N) is 1. The van der Waals surface area contributed by atoms with Gasteiger partial charge in [0.1, 0.15) is 0 Å². The molecule has 0 radical (unpaired) electrons. The summed E-state index contributed by atoms with van der Waals surface area (Å²) in [6.45, 7) is 8.42. The highest BCUT2D eigenvalue weighted by Gasteiger charge is 2.06. The van der Waals surface area contributed by atoms with Gasteiger partial charge in [0.05, 0.1) is 7.11 Å². The van der Waals surface area contributed by atoms with Crippen molar-refractivity contribution in [2.45, 2.75) is 33.6 Å². The van der Waals surface area contributed by atoms with Gasteiger partial charge in [0.25, 0.3) is 0 Å². The van der Waals surface area contributed by atoms with Crippen LogP contribution in [0.3, 0.4) is 0 Å². The Morgan fingerprint density at radius 3 is 2.33 bits per heavy atom. The van der Waals surface area contributed by atoms with E-state index < -0.39 is 0 Å². The van der Waals surface area contributed by atoms with Gasteiger partial charge in [-0.3, -0.25) is 0 Å². The quantitative estimate of drug-likeness (QED) is 0.480. The van der Waals surface area contributed by atoms with E-state index in [-0.39, 0.29) is 5.97 Å². The maximum atomic E-state index is 10.9. The maximum Gasteiger partial charge on any atom is 0.331 e. The average Bonchev–Trinajstić information content (AvgIpc) is 2.29. The first-order valence-electron chi connectivity index (χ1n) is 5.68. The summed E-state index contributed by atoms with van der Waals surface area (Å²) in [5.41, 5.74) is 0. The van der Waals surface area contributed by atoms with Gasteiger partial charge in [0, 0.05) is 25.4 Å². The predicted octanol–water partition coefficient (Wildman–Crippen LogP) is 2.43. The highest BCUT2D eigenvalue weighted by molar-refractivity contribution is 5.81. The molecule has 0 rings (SSSR count). The fourth-order valence-corrected chi connectivity index (χ4v) is 1.41. The molecule has 15 heavy (non-hydrogen) atoms. The minimum atomic E-state index is -0.294. The van der Waals surface area contributed by atoms with Crippen LogP contribution < -0.4 is 0 Å². The van der Waals surface area contributed by atoms with Crippen molar-refractivity contribution >= 4 is 5.97 Å². The lowest BCUT2D eigenvalue weighted by atomic mass is 10.0. The maximum absolute atomic E-state index is 10.9. The van der Waals surface area contributed by atoms with Crippen LogP contribution in [0.15, 0.2) is 12.3 Å². The Kier molecular flexibility index (Phi) is 7.78. The van der Waals surface area contributed by atoms with E-state index in [1.54, 1.807) is 0 Å². The van der Waals surface area contributed by atoms with Gasteiger partial charge in [-0.05, 0) is 12.8 Å². The molecule has 0 heterocycles. The molecule has 0 amide bonds.